The SMILES string of the molecule is COc1ccc([N+](=O)[O-])cc1NC(=O)CSc1nnc(SCC(=O)Nc2cc([N+](=O)[O-])ccc2OC)s1. The number of nitro groups is 2. The number of non-ortho nitro benzene ring substituents is 2. The second-order valence-corrected chi connectivity index (χ2v) is 10.2. The Bertz CT molecular complexity index is 1240. The third-order valence-electron chi connectivity index (χ3n) is 4.38. The maximum atomic E-state index is 12.3. The molecule has 0 radical (unpaired) electrons. The van der Waals surface area contributed by atoms with Crippen LogP contribution in [0.3, 0.4) is 0 Å². The summed E-state index contributed by atoms with van der Waals surface area (Å²) in [4.78, 5) is 45.5. The molecule has 0 unspecified atom stereocenters. The van der Waals surface area contributed by atoms with Gasteiger partial charge in [-0.05, 0) is 12.1 Å². The van der Waals surface area contributed by atoms with Gasteiger partial charge in [0.25, 0.3) is 11.4 Å². The molecule has 2 aromatic carbocycles. The number of aromatic nitrogens is 2. The van der Waals surface area contributed by atoms with Crippen LogP contribution in [0, 0.1) is 20.2 Å². The molecular formula is C20H18N6O8S3. The van der Waals surface area contributed by atoms with E-state index in [2.05, 4.69) is 20.8 Å². The van der Waals surface area contributed by atoms with E-state index in [9.17, 15) is 29.8 Å². The van der Waals surface area contributed by atoms with Crippen molar-refractivity contribution in [2.45, 2.75) is 8.68 Å². The third kappa shape index (κ3) is 7.76. The Kier molecular flexibility index (Phi) is 9.58. The van der Waals surface area contributed by atoms with Crippen molar-refractivity contribution in [1.82, 2.24) is 10.2 Å². The first-order valence-corrected chi connectivity index (χ1v) is 12.8. The number of nitrogens with one attached hydrogen (secondary N) is 2. The predicted octanol–water partition coefficient (Wildman–Crippen LogP) is 3.83. The first kappa shape index (κ1) is 27.6. The number of carbonyl (C=O) groups excluding carboxylic acids is 2. The largest absolute Gasteiger partial charge is 0.495 e. The summed E-state index contributed by atoms with van der Waals surface area (Å²) in [6.07, 6.45) is 0. The van der Waals surface area contributed by atoms with Gasteiger partial charge in [-0.1, -0.05) is 34.9 Å². The van der Waals surface area contributed by atoms with E-state index in [1.807, 2.05) is 0 Å². The van der Waals surface area contributed by atoms with E-state index >= 15 is 0 Å². The van der Waals surface area contributed by atoms with E-state index < -0.39 is 21.7 Å². The lowest BCUT2D eigenvalue weighted by Crippen LogP contribution is -2.14. The molecule has 2 amide bonds. The molecule has 17 heteroatoms. The minimum atomic E-state index is -0.579. The van der Waals surface area contributed by atoms with Crippen LogP contribution in [-0.4, -0.2) is 57.6 Å². The predicted molar refractivity (Wildman–Crippen MR) is 138 cm³/mol. The van der Waals surface area contributed by atoms with Gasteiger partial charge in [-0.3, -0.25) is 29.8 Å². The molecular weight excluding hydrogens is 548 g/mol. The summed E-state index contributed by atoms with van der Waals surface area (Å²) in [5.74, 6) is -0.396. The molecule has 0 bridgehead atoms. The minimum Gasteiger partial charge on any atom is -0.495 e. The number of methoxy groups -OCH3 is 2. The monoisotopic (exact) mass is 566 g/mol. The highest BCUT2D eigenvalue weighted by molar-refractivity contribution is 8.03. The normalized spacial score (nSPS) is 10.4. The number of hydrogen-bond acceptors (Lipinski definition) is 13. The van der Waals surface area contributed by atoms with Crippen LogP contribution in [-0.2, 0) is 9.59 Å². The number of amides is 2. The number of anilines is 2. The molecule has 2 N–H and O–H groups in total. The van der Waals surface area contributed by atoms with Crippen LogP contribution in [0.1, 0.15) is 0 Å². The van der Waals surface area contributed by atoms with Crippen molar-refractivity contribution < 1.29 is 28.9 Å². The van der Waals surface area contributed by atoms with Crippen molar-refractivity contribution in [3.05, 3.63) is 56.6 Å². The highest BCUT2D eigenvalue weighted by Gasteiger charge is 2.17. The van der Waals surface area contributed by atoms with Gasteiger partial charge in [0.1, 0.15) is 11.5 Å². The molecule has 0 spiro atoms. The Labute approximate surface area is 221 Å². The van der Waals surface area contributed by atoms with E-state index in [-0.39, 0.29) is 45.8 Å². The van der Waals surface area contributed by atoms with Gasteiger partial charge in [0.2, 0.25) is 11.8 Å². The Hall–Kier alpha value is -3.96. The van der Waals surface area contributed by atoms with Crippen LogP contribution in [0.15, 0.2) is 45.1 Å². The summed E-state index contributed by atoms with van der Waals surface area (Å²) in [5, 5.41) is 35.1. The fourth-order valence-electron chi connectivity index (χ4n) is 2.76. The van der Waals surface area contributed by atoms with Crippen molar-refractivity contribution in [1.29, 1.82) is 0 Å². The van der Waals surface area contributed by atoms with Crippen molar-refractivity contribution >= 4 is 69.4 Å². The van der Waals surface area contributed by atoms with E-state index in [1.54, 1.807) is 0 Å². The molecule has 14 nitrogen and oxygen atoms in total. The third-order valence-corrected chi connectivity index (χ3v) is 7.57. The van der Waals surface area contributed by atoms with Crippen molar-refractivity contribution in [3.8, 4) is 11.5 Å². The Morgan fingerprint density at radius 1 is 0.838 bits per heavy atom. The van der Waals surface area contributed by atoms with Crippen LogP contribution in [0.5, 0.6) is 11.5 Å². The zero-order valence-electron chi connectivity index (χ0n) is 19.2. The van der Waals surface area contributed by atoms with Gasteiger partial charge < -0.3 is 20.1 Å². The summed E-state index contributed by atoms with van der Waals surface area (Å²) >= 11 is 3.38. The number of hydrogen-bond donors (Lipinski definition) is 2. The molecule has 37 heavy (non-hydrogen) atoms. The average Bonchev–Trinajstić information content (AvgIpc) is 3.34. The van der Waals surface area contributed by atoms with Crippen molar-refractivity contribution in [2.24, 2.45) is 0 Å². The van der Waals surface area contributed by atoms with E-state index in [0.29, 0.717) is 8.68 Å². The molecule has 0 aliphatic rings. The van der Waals surface area contributed by atoms with Gasteiger partial charge in [-0.2, -0.15) is 0 Å². The molecule has 3 aromatic rings. The number of thioether (sulfide) groups is 2. The van der Waals surface area contributed by atoms with Crippen LogP contribution < -0.4 is 20.1 Å². The van der Waals surface area contributed by atoms with E-state index in [0.717, 1.165) is 23.5 Å². The lowest BCUT2D eigenvalue weighted by atomic mass is 10.2. The van der Waals surface area contributed by atoms with Crippen molar-refractivity contribution in [2.75, 3.05) is 36.4 Å². The van der Waals surface area contributed by atoms with E-state index in [1.165, 1.54) is 62.0 Å². The van der Waals surface area contributed by atoms with Gasteiger partial charge >= 0.3 is 0 Å². The maximum absolute atomic E-state index is 12.3. The smallest absolute Gasteiger partial charge is 0.271 e. The lowest BCUT2D eigenvalue weighted by Gasteiger charge is -2.09. The molecule has 1 aromatic heterocycles. The zero-order chi connectivity index (χ0) is 26.9. The highest BCUT2D eigenvalue weighted by Crippen LogP contribution is 2.32. The summed E-state index contributed by atoms with van der Waals surface area (Å²) in [5.41, 5.74) is -0.0468. The fraction of sp³-hybridized carbons (Fsp3) is 0.200. The standard InChI is InChI=1S/C20H18N6O8S3/c1-33-15-5-3-11(25(29)30)7-13(15)21-17(27)9-35-19-23-24-20(37-19)36-10-18(28)22-14-8-12(26(31)32)4-6-16(14)34-2/h3-8H,9-10H2,1-2H3,(H,21,27)(H,22,28). The number of rotatable bonds is 12. The summed E-state index contributed by atoms with van der Waals surface area (Å²) in [6, 6.07) is 7.72. The Morgan fingerprint density at radius 2 is 1.24 bits per heavy atom. The molecule has 0 aliphatic heterocycles. The van der Waals surface area contributed by atoms with Crippen LogP contribution in [0.25, 0.3) is 0 Å². The zero-order valence-corrected chi connectivity index (χ0v) is 21.6. The number of nitro benzene ring substituents is 2. The number of carbonyl (C=O) groups is 2. The Balaban J connectivity index is 1.51. The molecule has 0 aliphatic carbocycles. The van der Waals surface area contributed by atoms with Crippen molar-refractivity contribution in [3.63, 3.8) is 0 Å². The van der Waals surface area contributed by atoms with E-state index in [4.69, 9.17) is 9.47 Å². The van der Waals surface area contributed by atoms with Gasteiger partial charge in [0, 0.05) is 24.3 Å². The van der Waals surface area contributed by atoms with Crippen LogP contribution in [0.2, 0.25) is 0 Å². The highest BCUT2D eigenvalue weighted by atomic mass is 32.2. The average molecular weight is 567 g/mol. The van der Waals surface area contributed by atoms with Gasteiger partial charge in [0.05, 0.1) is 46.9 Å². The minimum absolute atomic E-state index is 0.0434. The number of benzene rings is 2. The van der Waals surface area contributed by atoms with Crippen LogP contribution >= 0.6 is 34.9 Å². The quantitative estimate of drug-likeness (QED) is 0.183. The van der Waals surface area contributed by atoms with Gasteiger partial charge in [0.15, 0.2) is 8.68 Å². The molecule has 0 saturated heterocycles. The first-order valence-electron chi connectivity index (χ1n) is 10.0. The number of ether oxygens (including phenoxy) is 2. The summed E-state index contributed by atoms with van der Waals surface area (Å²) < 4.78 is 11.2. The number of nitrogens with zero attached hydrogens (tertiary/aromatic N) is 4. The summed E-state index contributed by atoms with van der Waals surface area (Å²) in [7, 11) is 2.76. The Morgan fingerprint density at radius 3 is 1.59 bits per heavy atom. The van der Waals surface area contributed by atoms with Crippen LogP contribution in [0.4, 0.5) is 22.7 Å². The topological polar surface area (TPSA) is 189 Å². The molecule has 3 rings (SSSR count). The molecule has 194 valence electrons. The molecule has 0 atom stereocenters. The second-order valence-electron chi connectivity index (χ2n) is 6.79. The molecule has 0 saturated carbocycles. The second kappa shape index (κ2) is 12.8. The fourth-order valence-corrected chi connectivity index (χ4v) is 5.38. The molecule has 1 heterocycles. The molecule has 0 fully saturated rings. The van der Waals surface area contributed by atoms with Gasteiger partial charge in [-0.15, -0.1) is 10.2 Å². The maximum Gasteiger partial charge on any atom is 0.271 e. The lowest BCUT2D eigenvalue weighted by molar-refractivity contribution is -0.385. The summed E-state index contributed by atoms with van der Waals surface area (Å²) in [6.45, 7) is 0. The first-order chi connectivity index (χ1) is 17.7. The van der Waals surface area contributed by atoms with Gasteiger partial charge in [-0.25, -0.2) is 0 Å².